The maximum absolute atomic E-state index is 12.7. The van der Waals surface area contributed by atoms with E-state index in [2.05, 4.69) is 0 Å². The third-order valence-corrected chi connectivity index (χ3v) is 4.40. The van der Waals surface area contributed by atoms with Crippen molar-refractivity contribution in [1.82, 2.24) is 4.90 Å². The Labute approximate surface area is 156 Å². The van der Waals surface area contributed by atoms with Crippen LogP contribution in [-0.2, 0) is 0 Å². The molecule has 2 nitrogen and oxygen atoms in total. The molecule has 124 valence electrons. The Morgan fingerprint density at radius 3 is 2.38 bits per heavy atom. The molecule has 1 atom stereocenters. The molecule has 0 fully saturated rings. The Morgan fingerprint density at radius 1 is 1.00 bits per heavy atom. The van der Waals surface area contributed by atoms with Crippen molar-refractivity contribution in [3.63, 3.8) is 0 Å². The SMILES string of the molecule is O=C(CC1c2ccccc2C=CN1CC(Cl)(Cl)Cl)c1ccccc1. The Kier molecular flexibility index (Phi) is 5.19. The molecule has 0 N–H and O–H groups in total. The number of carbonyl (C=O) groups is 1. The van der Waals surface area contributed by atoms with E-state index in [1.54, 1.807) is 0 Å². The molecule has 5 heteroatoms. The van der Waals surface area contributed by atoms with Gasteiger partial charge in [-0.1, -0.05) is 89.4 Å². The Morgan fingerprint density at radius 2 is 1.67 bits per heavy atom. The van der Waals surface area contributed by atoms with Gasteiger partial charge < -0.3 is 4.90 Å². The largest absolute Gasteiger partial charge is 0.366 e. The van der Waals surface area contributed by atoms with Gasteiger partial charge in [-0.15, -0.1) is 0 Å². The second-order valence-corrected chi connectivity index (χ2v) is 8.26. The van der Waals surface area contributed by atoms with Crippen LogP contribution in [0.1, 0.15) is 33.9 Å². The highest BCUT2D eigenvalue weighted by Crippen LogP contribution is 2.37. The normalized spacial score (nSPS) is 16.8. The number of alkyl halides is 3. The third kappa shape index (κ3) is 4.13. The molecule has 0 aliphatic carbocycles. The zero-order valence-corrected chi connectivity index (χ0v) is 15.1. The van der Waals surface area contributed by atoms with Crippen LogP contribution in [0.2, 0.25) is 0 Å². The lowest BCUT2D eigenvalue weighted by Crippen LogP contribution is -2.34. The minimum absolute atomic E-state index is 0.0695. The molecule has 3 rings (SSSR count). The molecule has 2 aromatic carbocycles. The number of benzene rings is 2. The highest BCUT2D eigenvalue weighted by atomic mass is 35.6. The predicted octanol–water partition coefficient (Wildman–Crippen LogP) is 5.66. The zero-order valence-electron chi connectivity index (χ0n) is 12.8. The summed E-state index contributed by atoms with van der Waals surface area (Å²) in [6.07, 6.45) is 4.20. The van der Waals surface area contributed by atoms with Gasteiger partial charge in [0.25, 0.3) is 0 Å². The quantitative estimate of drug-likeness (QED) is 0.504. The van der Waals surface area contributed by atoms with Crippen molar-refractivity contribution in [1.29, 1.82) is 0 Å². The fourth-order valence-corrected chi connectivity index (χ4v) is 3.35. The van der Waals surface area contributed by atoms with Crippen LogP contribution in [0.5, 0.6) is 0 Å². The number of hydrogen-bond donors (Lipinski definition) is 0. The summed E-state index contributed by atoms with van der Waals surface area (Å²) < 4.78 is -1.41. The molecule has 0 aromatic heterocycles. The van der Waals surface area contributed by atoms with Crippen molar-refractivity contribution >= 4 is 46.7 Å². The monoisotopic (exact) mass is 379 g/mol. The van der Waals surface area contributed by atoms with Gasteiger partial charge in [0, 0.05) is 18.2 Å². The summed E-state index contributed by atoms with van der Waals surface area (Å²) in [5.74, 6) is 0.0695. The number of ketones is 1. The molecule has 0 bridgehead atoms. The van der Waals surface area contributed by atoms with E-state index in [0.717, 1.165) is 11.1 Å². The van der Waals surface area contributed by atoms with Gasteiger partial charge in [-0.25, -0.2) is 0 Å². The molecule has 1 heterocycles. The molecule has 0 saturated carbocycles. The molecule has 1 aliphatic heterocycles. The van der Waals surface area contributed by atoms with Crippen molar-refractivity contribution in [3.05, 3.63) is 77.5 Å². The van der Waals surface area contributed by atoms with Crippen molar-refractivity contribution in [2.24, 2.45) is 0 Å². The van der Waals surface area contributed by atoms with Gasteiger partial charge in [0.2, 0.25) is 3.79 Å². The average Bonchev–Trinajstić information content (AvgIpc) is 2.56. The second kappa shape index (κ2) is 7.18. The van der Waals surface area contributed by atoms with Gasteiger partial charge >= 0.3 is 0 Å². The van der Waals surface area contributed by atoms with Crippen LogP contribution in [0, 0.1) is 0 Å². The van der Waals surface area contributed by atoms with Gasteiger partial charge in [0.15, 0.2) is 5.78 Å². The van der Waals surface area contributed by atoms with Crippen LogP contribution in [0.25, 0.3) is 6.08 Å². The van der Waals surface area contributed by atoms with E-state index < -0.39 is 3.79 Å². The Hall–Kier alpha value is -1.48. The van der Waals surface area contributed by atoms with E-state index in [0.29, 0.717) is 12.0 Å². The topological polar surface area (TPSA) is 20.3 Å². The van der Waals surface area contributed by atoms with E-state index in [-0.39, 0.29) is 18.4 Å². The maximum Gasteiger partial charge on any atom is 0.207 e. The lowest BCUT2D eigenvalue weighted by molar-refractivity contribution is 0.0942. The molecule has 0 radical (unpaired) electrons. The lowest BCUT2D eigenvalue weighted by Gasteiger charge is -2.36. The van der Waals surface area contributed by atoms with E-state index in [1.807, 2.05) is 71.8 Å². The van der Waals surface area contributed by atoms with E-state index in [9.17, 15) is 4.79 Å². The number of Topliss-reactive ketones (excluding diaryl/α,β-unsaturated/α-hetero) is 1. The highest BCUT2D eigenvalue weighted by molar-refractivity contribution is 6.67. The van der Waals surface area contributed by atoms with Crippen LogP contribution in [0.15, 0.2) is 60.8 Å². The summed E-state index contributed by atoms with van der Waals surface area (Å²) in [6, 6.07) is 17.1. The zero-order chi connectivity index (χ0) is 17.2. The number of carbonyl (C=O) groups excluding carboxylic acids is 1. The second-order valence-electron chi connectivity index (χ2n) is 5.74. The van der Waals surface area contributed by atoms with E-state index in [4.69, 9.17) is 34.8 Å². The fourth-order valence-electron chi connectivity index (χ4n) is 2.94. The first-order valence-electron chi connectivity index (χ1n) is 7.62. The Balaban J connectivity index is 1.90. The van der Waals surface area contributed by atoms with E-state index >= 15 is 0 Å². The van der Waals surface area contributed by atoms with Gasteiger partial charge in [-0.3, -0.25) is 4.79 Å². The number of rotatable bonds is 4. The summed E-state index contributed by atoms with van der Waals surface area (Å²) in [6.45, 7) is 0.217. The molecular weight excluding hydrogens is 365 g/mol. The van der Waals surface area contributed by atoms with Crippen molar-refractivity contribution < 1.29 is 4.79 Å². The molecular formula is C19H16Cl3NO. The minimum atomic E-state index is -1.41. The first kappa shape index (κ1) is 17.3. The predicted molar refractivity (Wildman–Crippen MR) is 101 cm³/mol. The van der Waals surface area contributed by atoms with Crippen LogP contribution in [0.3, 0.4) is 0 Å². The fraction of sp³-hybridized carbons (Fsp3) is 0.211. The molecule has 24 heavy (non-hydrogen) atoms. The molecule has 1 unspecified atom stereocenters. The van der Waals surface area contributed by atoms with Gasteiger partial charge in [0.1, 0.15) is 0 Å². The first-order chi connectivity index (χ1) is 11.4. The minimum Gasteiger partial charge on any atom is -0.366 e. The lowest BCUT2D eigenvalue weighted by atomic mass is 9.91. The highest BCUT2D eigenvalue weighted by Gasteiger charge is 2.31. The molecule has 0 amide bonds. The number of nitrogens with zero attached hydrogens (tertiary/aromatic N) is 1. The smallest absolute Gasteiger partial charge is 0.207 e. The van der Waals surface area contributed by atoms with Gasteiger partial charge in [-0.05, 0) is 17.2 Å². The molecule has 2 aromatic rings. The van der Waals surface area contributed by atoms with Crippen molar-refractivity contribution in [2.75, 3.05) is 6.54 Å². The number of halogens is 3. The molecule has 1 aliphatic rings. The average molecular weight is 381 g/mol. The summed E-state index contributed by atoms with van der Waals surface area (Å²) in [5.41, 5.74) is 2.85. The van der Waals surface area contributed by atoms with Crippen LogP contribution in [0.4, 0.5) is 0 Å². The Bertz CT molecular complexity index is 753. The van der Waals surface area contributed by atoms with Crippen molar-refractivity contribution in [3.8, 4) is 0 Å². The summed E-state index contributed by atoms with van der Waals surface area (Å²) in [5, 5.41) is 0. The summed E-state index contributed by atoms with van der Waals surface area (Å²) in [7, 11) is 0. The van der Waals surface area contributed by atoms with Crippen LogP contribution in [-0.4, -0.2) is 21.0 Å². The third-order valence-electron chi connectivity index (χ3n) is 4.04. The summed E-state index contributed by atoms with van der Waals surface area (Å²) in [4.78, 5) is 14.6. The molecule has 0 saturated heterocycles. The number of hydrogen-bond acceptors (Lipinski definition) is 2. The van der Waals surface area contributed by atoms with Gasteiger partial charge in [-0.2, -0.15) is 0 Å². The number of fused-ring (bicyclic) bond motifs is 1. The van der Waals surface area contributed by atoms with E-state index in [1.165, 1.54) is 0 Å². The van der Waals surface area contributed by atoms with Gasteiger partial charge in [0.05, 0.1) is 12.6 Å². The van der Waals surface area contributed by atoms with Crippen LogP contribution < -0.4 is 0 Å². The standard InChI is InChI=1S/C19H16Cl3NO/c20-19(21,22)13-23-11-10-14-6-4-5-9-16(14)17(23)12-18(24)15-7-2-1-3-8-15/h1-11,17H,12-13H2. The van der Waals surface area contributed by atoms with Crippen molar-refractivity contribution in [2.45, 2.75) is 16.3 Å². The molecule has 0 spiro atoms. The maximum atomic E-state index is 12.7. The van der Waals surface area contributed by atoms with Crippen LogP contribution >= 0.6 is 34.8 Å². The summed E-state index contributed by atoms with van der Waals surface area (Å²) >= 11 is 17.9. The first-order valence-corrected chi connectivity index (χ1v) is 8.75.